The molecule has 0 fully saturated rings. The van der Waals surface area contributed by atoms with Gasteiger partial charge in [-0.2, -0.15) is 0 Å². The van der Waals surface area contributed by atoms with Crippen molar-refractivity contribution in [2.75, 3.05) is 10.4 Å². The van der Waals surface area contributed by atoms with Gasteiger partial charge in [0.05, 0.1) is 22.6 Å². The van der Waals surface area contributed by atoms with Crippen molar-refractivity contribution in [3.63, 3.8) is 0 Å². The van der Waals surface area contributed by atoms with Gasteiger partial charge >= 0.3 is 0 Å². The van der Waals surface area contributed by atoms with Crippen molar-refractivity contribution in [2.24, 2.45) is 0 Å². The van der Waals surface area contributed by atoms with Crippen LogP contribution in [0.4, 0.5) is 11.4 Å². The number of rotatable bonds is 4. The Labute approximate surface area is 163 Å². The average Bonchev–Trinajstić information content (AvgIpc) is 3.09. The van der Waals surface area contributed by atoms with Gasteiger partial charge in [-0.05, 0) is 41.5 Å². The first kappa shape index (κ1) is 16.3. The van der Waals surface area contributed by atoms with Gasteiger partial charge in [-0.25, -0.2) is 0 Å². The third kappa shape index (κ3) is 2.65. The molecular weight excluding hydrogens is 344 g/mol. The Balaban J connectivity index is 1.74. The number of nitrogens with one attached hydrogen (secondary N) is 1. The Morgan fingerprint density at radius 2 is 1.36 bits per heavy atom. The first-order valence-corrected chi connectivity index (χ1v) is 9.27. The fourth-order valence-electron chi connectivity index (χ4n) is 3.76. The van der Waals surface area contributed by atoms with Crippen molar-refractivity contribution in [1.29, 1.82) is 0 Å². The minimum Gasteiger partial charge on any atom is -0.294 e. The molecule has 5 rings (SSSR count). The van der Waals surface area contributed by atoms with Crippen molar-refractivity contribution in [2.45, 2.75) is 0 Å². The average molecular weight is 362 g/mol. The maximum atomic E-state index is 12.9. The minimum absolute atomic E-state index is 0.0273. The van der Waals surface area contributed by atoms with Gasteiger partial charge in [-0.15, -0.1) is 0 Å². The van der Waals surface area contributed by atoms with E-state index in [1.54, 1.807) is 6.08 Å². The number of anilines is 2. The van der Waals surface area contributed by atoms with E-state index < -0.39 is 0 Å². The molecule has 2 aliphatic rings. The monoisotopic (exact) mass is 362 g/mol. The van der Waals surface area contributed by atoms with Gasteiger partial charge in [-0.1, -0.05) is 72.8 Å². The van der Waals surface area contributed by atoms with Crippen molar-refractivity contribution >= 4 is 28.4 Å². The summed E-state index contributed by atoms with van der Waals surface area (Å²) in [6.07, 6.45) is 5.49. The summed E-state index contributed by atoms with van der Waals surface area (Å²) < 4.78 is 0. The van der Waals surface area contributed by atoms with Crippen LogP contribution < -0.4 is 10.4 Å². The molecule has 0 amide bonds. The Hall–Kier alpha value is -3.85. The molecule has 134 valence electrons. The first-order chi connectivity index (χ1) is 13.8. The topological polar surface area (TPSA) is 32.3 Å². The standard InChI is InChI=1S/C25H18N2O/c28-23-17-9-16-21-20-14-7-8-15-22(20)25(24(21)23)27(19-12-5-2-6-13-19)26-18-10-3-1-4-11-18/h1-17,26H. The van der Waals surface area contributed by atoms with Gasteiger partial charge in [0, 0.05) is 5.56 Å². The highest BCUT2D eigenvalue weighted by Crippen LogP contribution is 2.45. The second kappa shape index (κ2) is 6.71. The molecule has 3 aromatic rings. The summed E-state index contributed by atoms with van der Waals surface area (Å²) in [6.45, 7) is 0. The number of hydrazine groups is 1. The van der Waals surface area contributed by atoms with Gasteiger partial charge < -0.3 is 0 Å². The van der Waals surface area contributed by atoms with Gasteiger partial charge in [0.1, 0.15) is 0 Å². The molecule has 1 N–H and O–H groups in total. The number of carbonyl (C=O) groups excluding carboxylic acids is 1. The van der Waals surface area contributed by atoms with Crippen LogP contribution in [0.2, 0.25) is 0 Å². The lowest BCUT2D eigenvalue weighted by Gasteiger charge is -2.29. The molecule has 0 saturated carbocycles. The van der Waals surface area contributed by atoms with Crippen molar-refractivity contribution in [1.82, 2.24) is 0 Å². The first-order valence-electron chi connectivity index (χ1n) is 9.27. The Morgan fingerprint density at radius 1 is 0.714 bits per heavy atom. The minimum atomic E-state index is 0.0273. The Kier molecular flexibility index (Phi) is 3.91. The Bertz CT molecular complexity index is 1140. The van der Waals surface area contributed by atoms with E-state index in [1.807, 2.05) is 90.0 Å². The van der Waals surface area contributed by atoms with Crippen molar-refractivity contribution < 1.29 is 4.79 Å². The van der Waals surface area contributed by atoms with Crippen molar-refractivity contribution in [3.8, 4) is 0 Å². The van der Waals surface area contributed by atoms with E-state index in [4.69, 9.17) is 0 Å². The highest BCUT2D eigenvalue weighted by Gasteiger charge is 2.34. The van der Waals surface area contributed by atoms with E-state index in [9.17, 15) is 4.79 Å². The molecule has 0 spiro atoms. The molecule has 3 aromatic carbocycles. The summed E-state index contributed by atoms with van der Waals surface area (Å²) in [7, 11) is 0. The third-order valence-electron chi connectivity index (χ3n) is 4.99. The second-order valence-corrected chi connectivity index (χ2v) is 6.72. The summed E-state index contributed by atoms with van der Waals surface area (Å²) in [5.41, 5.74) is 10.1. The SMILES string of the molecule is O=C1C=CC=C2C1=C(N(Nc1ccccc1)c1ccccc1)c1ccccc12. The summed E-state index contributed by atoms with van der Waals surface area (Å²) in [5.74, 6) is 0.0273. The molecule has 0 bridgehead atoms. The van der Waals surface area contributed by atoms with Crippen LogP contribution >= 0.6 is 0 Å². The number of para-hydroxylation sites is 2. The second-order valence-electron chi connectivity index (χ2n) is 6.72. The normalized spacial score (nSPS) is 14.4. The molecule has 2 aliphatic carbocycles. The summed E-state index contributed by atoms with van der Waals surface area (Å²) >= 11 is 0. The highest BCUT2D eigenvalue weighted by molar-refractivity contribution is 6.27. The van der Waals surface area contributed by atoms with Gasteiger partial charge in [0.15, 0.2) is 5.78 Å². The van der Waals surface area contributed by atoms with E-state index in [-0.39, 0.29) is 5.78 Å². The van der Waals surface area contributed by atoms with Crippen molar-refractivity contribution in [3.05, 3.63) is 120 Å². The fourth-order valence-corrected chi connectivity index (χ4v) is 3.76. The molecule has 0 aromatic heterocycles. The largest absolute Gasteiger partial charge is 0.294 e. The molecule has 0 radical (unpaired) electrons. The predicted octanol–water partition coefficient (Wildman–Crippen LogP) is 5.47. The summed E-state index contributed by atoms with van der Waals surface area (Å²) in [5, 5.41) is 2.02. The number of fused-ring (bicyclic) bond motifs is 3. The summed E-state index contributed by atoms with van der Waals surface area (Å²) in [4.78, 5) is 12.9. The molecule has 28 heavy (non-hydrogen) atoms. The quantitative estimate of drug-likeness (QED) is 0.625. The van der Waals surface area contributed by atoms with Gasteiger partial charge in [0.2, 0.25) is 0 Å². The molecule has 0 saturated heterocycles. The maximum absolute atomic E-state index is 12.9. The van der Waals surface area contributed by atoms with Crippen LogP contribution in [0.1, 0.15) is 11.1 Å². The Morgan fingerprint density at radius 3 is 2.11 bits per heavy atom. The zero-order valence-corrected chi connectivity index (χ0v) is 15.2. The smallest absolute Gasteiger partial charge is 0.188 e. The van der Waals surface area contributed by atoms with Crippen LogP contribution in [0, 0.1) is 0 Å². The van der Waals surface area contributed by atoms with Crippen LogP contribution in [0.25, 0.3) is 11.3 Å². The van der Waals surface area contributed by atoms with Gasteiger partial charge in [0.25, 0.3) is 0 Å². The zero-order chi connectivity index (χ0) is 18.9. The predicted molar refractivity (Wildman–Crippen MR) is 114 cm³/mol. The molecule has 3 heteroatoms. The third-order valence-corrected chi connectivity index (χ3v) is 4.99. The molecule has 0 heterocycles. The molecular formula is C25H18N2O. The van der Waals surface area contributed by atoms with Crippen LogP contribution in [0.15, 0.2) is 109 Å². The lowest BCUT2D eigenvalue weighted by molar-refractivity contribution is -0.110. The van der Waals surface area contributed by atoms with E-state index in [1.165, 1.54) is 0 Å². The maximum Gasteiger partial charge on any atom is 0.188 e. The molecule has 0 unspecified atom stereocenters. The zero-order valence-electron chi connectivity index (χ0n) is 15.2. The van der Waals surface area contributed by atoms with E-state index >= 15 is 0 Å². The van der Waals surface area contributed by atoms with E-state index in [0.717, 1.165) is 39.3 Å². The molecule has 3 nitrogen and oxygen atoms in total. The number of allylic oxidation sites excluding steroid dienone is 5. The number of carbonyl (C=O) groups is 1. The number of nitrogens with zero attached hydrogens (tertiary/aromatic N) is 1. The number of benzene rings is 3. The summed E-state index contributed by atoms with van der Waals surface area (Å²) in [6, 6.07) is 28.3. The van der Waals surface area contributed by atoms with Crippen LogP contribution in [-0.2, 0) is 4.79 Å². The van der Waals surface area contributed by atoms with Crippen LogP contribution in [0.5, 0.6) is 0 Å². The molecule has 0 atom stereocenters. The molecule has 0 aliphatic heterocycles. The lowest BCUT2D eigenvalue weighted by atomic mass is 9.96. The number of hydrogen-bond acceptors (Lipinski definition) is 3. The number of hydrogen-bond donors (Lipinski definition) is 1. The van der Waals surface area contributed by atoms with E-state index in [2.05, 4.69) is 17.6 Å². The fraction of sp³-hybridized carbons (Fsp3) is 0. The van der Waals surface area contributed by atoms with Crippen LogP contribution in [0.3, 0.4) is 0 Å². The highest BCUT2D eigenvalue weighted by atomic mass is 16.1. The van der Waals surface area contributed by atoms with Gasteiger partial charge in [-0.3, -0.25) is 15.2 Å². The van der Waals surface area contributed by atoms with Crippen LogP contribution in [-0.4, -0.2) is 5.78 Å². The lowest BCUT2D eigenvalue weighted by Crippen LogP contribution is -2.29. The number of ketones is 1. The van der Waals surface area contributed by atoms with E-state index in [0.29, 0.717) is 0 Å².